The van der Waals surface area contributed by atoms with Gasteiger partial charge in [-0.25, -0.2) is 4.79 Å². The topological polar surface area (TPSA) is 160 Å². The molecule has 2 saturated heterocycles. The zero-order chi connectivity index (χ0) is 25.0. The van der Waals surface area contributed by atoms with Crippen LogP contribution in [0.1, 0.15) is 39.2 Å². The van der Waals surface area contributed by atoms with Gasteiger partial charge in [0.25, 0.3) is 5.69 Å². The Balaban J connectivity index is 1.53. The van der Waals surface area contributed by atoms with E-state index in [4.69, 9.17) is 9.47 Å². The maximum Gasteiger partial charge on any atom is 0.410 e. The molecule has 0 saturated carbocycles. The molecule has 0 aliphatic carbocycles. The van der Waals surface area contributed by atoms with Crippen LogP contribution in [0.25, 0.3) is 0 Å². The van der Waals surface area contributed by atoms with Gasteiger partial charge in [0.1, 0.15) is 24.3 Å². The van der Waals surface area contributed by atoms with Crippen molar-refractivity contribution in [1.29, 1.82) is 0 Å². The number of likely N-dealkylation sites (tertiary alicyclic amines) is 1. The molecule has 0 aromatic heterocycles. The molecule has 2 fully saturated rings. The second-order valence-corrected chi connectivity index (χ2v) is 9.47. The number of β-amino-alcohol motifs (C(OH)–C–C–N with tert-alkyl or cyclic N) is 1. The normalized spacial score (nSPS) is 24.5. The third-order valence-corrected chi connectivity index (χ3v) is 5.49. The van der Waals surface area contributed by atoms with E-state index in [9.17, 15) is 29.6 Å². The summed E-state index contributed by atoms with van der Waals surface area (Å²) in [7, 11) is 0. The summed E-state index contributed by atoms with van der Waals surface area (Å²) in [6.07, 6.45) is -1.24. The van der Waals surface area contributed by atoms with Gasteiger partial charge in [0.2, 0.25) is 5.91 Å². The Kier molecular flexibility index (Phi) is 7.72. The maximum absolute atomic E-state index is 12.9. The van der Waals surface area contributed by atoms with E-state index in [-0.39, 0.29) is 31.3 Å². The average molecular weight is 479 g/mol. The van der Waals surface area contributed by atoms with Crippen molar-refractivity contribution in [1.82, 2.24) is 15.5 Å². The van der Waals surface area contributed by atoms with Gasteiger partial charge in [-0.15, -0.1) is 0 Å². The standard InChI is InChI=1S/C22H30N4O8/c1-22(2,3)34-20(29)17-8-14(10-23-17)24-19(28)18-9-16(27)11-25(18)21(30)33-12-13-4-6-15(7-5-13)26(31)32/h4-7,14,16-18,23,27H,8-12H2,1-3H3,(H,24,28)/t14-,16?,17?,18-/m0/s1. The summed E-state index contributed by atoms with van der Waals surface area (Å²) in [5.74, 6) is -0.836. The summed E-state index contributed by atoms with van der Waals surface area (Å²) >= 11 is 0. The van der Waals surface area contributed by atoms with Crippen molar-refractivity contribution in [2.75, 3.05) is 13.1 Å². The van der Waals surface area contributed by atoms with Crippen LogP contribution in [-0.4, -0.2) is 75.8 Å². The van der Waals surface area contributed by atoms with Crippen LogP contribution in [-0.2, 0) is 25.7 Å². The highest BCUT2D eigenvalue weighted by atomic mass is 16.6. The Morgan fingerprint density at radius 3 is 2.53 bits per heavy atom. The molecule has 1 aromatic carbocycles. The van der Waals surface area contributed by atoms with Crippen molar-refractivity contribution in [3.05, 3.63) is 39.9 Å². The predicted octanol–water partition coefficient (Wildman–Crippen LogP) is 0.855. The van der Waals surface area contributed by atoms with Crippen molar-refractivity contribution in [2.24, 2.45) is 0 Å². The molecule has 12 nitrogen and oxygen atoms in total. The fraction of sp³-hybridized carbons (Fsp3) is 0.591. The number of hydrogen-bond donors (Lipinski definition) is 3. The first-order valence-corrected chi connectivity index (χ1v) is 11.0. The lowest BCUT2D eigenvalue weighted by Gasteiger charge is -2.24. The lowest BCUT2D eigenvalue weighted by molar-refractivity contribution is -0.384. The second kappa shape index (κ2) is 10.3. The Bertz CT molecular complexity index is 930. The molecule has 0 bridgehead atoms. The number of rotatable bonds is 6. The number of aliphatic hydroxyl groups is 1. The zero-order valence-electron chi connectivity index (χ0n) is 19.4. The molecule has 1 aromatic rings. The van der Waals surface area contributed by atoms with Crippen molar-refractivity contribution < 1.29 is 33.9 Å². The predicted molar refractivity (Wildman–Crippen MR) is 119 cm³/mol. The van der Waals surface area contributed by atoms with Gasteiger partial charge in [0, 0.05) is 31.1 Å². The first kappa shape index (κ1) is 25.4. The quantitative estimate of drug-likeness (QED) is 0.306. The molecule has 3 rings (SSSR count). The number of amides is 2. The van der Waals surface area contributed by atoms with Crippen molar-refractivity contribution in [3.63, 3.8) is 0 Å². The Morgan fingerprint density at radius 2 is 1.91 bits per heavy atom. The van der Waals surface area contributed by atoms with Gasteiger partial charge in [0.15, 0.2) is 0 Å². The molecule has 2 aliphatic rings. The van der Waals surface area contributed by atoms with E-state index in [0.717, 1.165) is 0 Å². The summed E-state index contributed by atoms with van der Waals surface area (Å²) in [4.78, 5) is 49.1. The molecule has 2 heterocycles. The minimum atomic E-state index is -0.917. The lowest BCUT2D eigenvalue weighted by atomic mass is 10.1. The number of nitro benzene ring substituents is 1. The van der Waals surface area contributed by atoms with Gasteiger partial charge in [-0.1, -0.05) is 0 Å². The van der Waals surface area contributed by atoms with Crippen molar-refractivity contribution >= 4 is 23.7 Å². The molecule has 34 heavy (non-hydrogen) atoms. The van der Waals surface area contributed by atoms with Gasteiger partial charge in [-0.3, -0.25) is 24.6 Å². The molecular formula is C22H30N4O8. The Labute approximate surface area is 196 Å². The lowest BCUT2D eigenvalue weighted by Crippen LogP contribution is -2.49. The monoisotopic (exact) mass is 478 g/mol. The number of carbonyl (C=O) groups is 3. The number of hydrogen-bond acceptors (Lipinski definition) is 9. The Morgan fingerprint density at radius 1 is 1.24 bits per heavy atom. The van der Waals surface area contributed by atoms with Crippen LogP contribution >= 0.6 is 0 Å². The number of aliphatic hydroxyl groups excluding tert-OH is 1. The number of esters is 1. The number of benzene rings is 1. The molecule has 12 heteroatoms. The molecule has 186 valence electrons. The minimum absolute atomic E-state index is 0.0549. The summed E-state index contributed by atoms with van der Waals surface area (Å²) in [6, 6.07) is 3.77. The molecule has 2 aliphatic heterocycles. The third kappa shape index (κ3) is 6.64. The van der Waals surface area contributed by atoms with E-state index in [0.29, 0.717) is 18.5 Å². The number of non-ortho nitro benzene ring substituents is 1. The molecule has 0 radical (unpaired) electrons. The number of nitro groups is 1. The summed E-state index contributed by atoms with van der Waals surface area (Å²) in [5, 5.41) is 26.7. The van der Waals surface area contributed by atoms with Crippen LogP contribution in [0, 0.1) is 10.1 Å². The van der Waals surface area contributed by atoms with Gasteiger partial charge in [-0.05, 0) is 44.9 Å². The van der Waals surface area contributed by atoms with E-state index in [1.807, 2.05) is 0 Å². The van der Waals surface area contributed by atoms with E-state index >= 15 is 0 Å². The largest absolute Gasteiger partial charge is 0.459 e. The van der Waals surface area contributed by atoms with Crippen LogP contribution in [0.2, 0.25) is 0 Å². The number of nitrogens with zero attached hydrogens (tertiary/aromatic N) is 2. The van der Waals surface area contributed by atoms with Crippen LogP contribution < -0.4 is 10.6 Å². The second-order valence-electron chi connectivity index (χ2n) is 9.47. The number of nitrogens with one attached hydrogen (secondary N) is 2. The molecule has 0 spiro atoms. The molecular weight excluding hydrogens is 448 g/mol. The van der Waals surface area contributed by atoms with Crippen molar-refractivity contribution in [3.8, 4) is 0 Å². The maximum atomic E-state index is 12.9. The number of ether oxygens (including phenoxy) is 2. The Hall–Kier alpha value is -3.25. The van der Waals surface area contributed by atoms with Gasteiger partial charge in [-0.2, -0.15) is 0 Å². The summed E-state index contributed by atoms with van der Waals surface area (Å²) in [6.45, 7) is 5.51. The zero-order valence-corrected chi connectivity index (χ0v) is 19.4. The fourth-order valence-corrected chi connectivity index (χ4v) is 3.90. The highest BCUT2D eigenvalue weighted by Crippen LogP contribution is 2.21. The van der Waals surface area contributed by atoms with Crippen LogP contribution in [0.15, 0.2) is 24.3 Å². The SMILES string of the molecule is CC(C)(C)OC(=O)C1C[C@H](NC(=O)[C@@H]2CC(O)CN2C(=O)OCc2ccc([N+](=O)[O-])cc2)CN1. The van der Waals surface area contributed by atoms with E-state index < -0.39 is 46.7 Å². The van der Waals surface area contributed by atoms with E-state index in [1.54, 1.807) is 20.8 Å². The first-order chi connectivity index (χ1) is 15.9. The third-order valence-electron chi connectivity index (χ3n) is 5.49. The van der Waals surface area contributed by atoms with Crippen LogP contribution in [0.3, 0.4) is 0 Å². The summed E-state index contributed by atoms with van der Waals surface area (Å²) in [5.41, 5.74) is -0.148. The average Bonchev–Trinajstić information content (AvgIpc) is 3.38. The van der Waals surface area contributed by atoms with Gasteiger partial charge >= 0.3 is 12.1 Å². The minimum Gasteiger partial charge on any atom is -0.459 e. The van der Waals surface area contributed by atoms with Crippen LogP contribution in [0.4, 0.5) is 10.5 Å². The fourth-order valence-electron chi connectivity index (χ4n) is 3.90. The number of carbonyl (C=O) groups excluding carboxylic acids is 3. The summed E-state index contributed by atoms with van der Waals surface area (Å²) < 4.78 is 10.6. The van der Waals surface area contributed by atoms with E-state index in [1.165, 1.54) is 29.2 Å². The molecule has 2 amide bonds. The van der Waals surface area contributed by atoms with Gasteiger partial charge in [0.05, 0.1) is 17.6 Å². The molecule has 4 atom stereocenters. The molecule has 2 unspecified atom stereocenters. The smallest absolute Gasteiger partial charge is 0.410 e. The van der Waals surface area contributed by atoms with Gasteiger partial charge < -0.3 is 25.2 Å². The molecule has 3 N–H and O–H groups in total. The van der Waals surface area contributed by atoms with Crippen molar-refractivity contribution in [2.45, 2.75) is 70.1 Å². The highest BCUT2D eigenvalue weighted by molar-refractivity contribution is 5.87. The highest BCUT2D eigenvalue weighted by Gasteiger charge is 2.41. The van der Waals surface area contributed by atoms with E-state index in [2.05, 4.69) is 10.6 Å². The van der Waals surface area contributed by atoms with Crippen LogP contribution in [0.5, 0.6) is 0 Å². The first-order valence-electron chi connectivity index (χ1n) is 11.0.